The van der Waals surface area contributed by atoms with Crippen LogP contribution in [0.1, 0.15) is 51.4 Å². The molecule has 2 amide bonds. The van der Waals surface area contributed by atoms with Crippen LogP contribution in [0.4, 0.5) is 5.69 Å². The fourth-order valence-corrected chi connectivity index (χ4v) is 3.48. The SMILES string of the molecule is O=C(Nc1ccc(Br)cc1)C1(C(=O)NC2CCCCCC2)CC1. The minimum absolute atomic E-state index is 0.0842. The first-order chi connectivity index (χ1) is 11.1. The highest BCUT2D eigenvalue weighted by Gasteiger charge is 2.56. The molecule has 0 unspecified atom stereocenters. The number of carbonyl (C=O) groups excluding carboxylic acids is 2. The van der Waals surface area contributed by atoms with Crippen LogP contribution in [-0.2, 0) is 9.59 Å². The zero-order chi connectivity index (χ0) is 16.3. The molecule has 0 aliphatic heterocycles. The van der Waals surface area contributed by atoms with Gasteiger partial charge in [0.2, 0.25) is 11.8 Å². The second-order valence-electron chi connectivity index (χ2n) is 6.71. The summed E-state index contributed by atoms with van der Waals surface area (Å²) in [5.74, 6) is -0.259. The molecule has 1 aromatic rings. The average molecular weight is 379 g/mol. The third kappa shape index (κ3) is 3.94. The van der Waals surface area contributed by atoms with Gasteiger partial charge in [0, 0.05) is 16.2 Å². The normalized spacial score (nSPS) is 20.4. The van der Waals surface area contributed by atoms with E-state index < -0.39 is 5.41 Å². The van der Waals surface area contributed by atoms with E-state index in [1.807, 2.05) is 24.3 Å². The highest BCUT2D eigenvalue weighted by atomic mass is 79.9. The van der Waals surface area contributed by atoms with Gasteiger partial charge in [0.25, 0.3) is 0 Å². The molecule has 23 heavy (non-hydrogen) atoms. The van der Waals surface area contributed by atoms with E-state index in [0.717, 1.165) is 23.0 Å². The van der Waals surface area contributed by atoms with Gasteiger partial charge in [-0.25, -0.2) is 0 Å². The Hall–Kier alpha value is -1.36. The summed E-state index contributed by atoms with van der Waals surface area (Å²) in [6.07, 6.45) is 8.21. The summed E-state index contributed by atoms with van der Waals surface area (Å²) in [4.78, 5) is 25.2. The molecule has 0 bridgehead atoms. The Morgan fingerprint density at radius 3 is 2.13 bits per heavy atom. The van der Waals surface area contributed by atoms with Gasteiger partial charge in [0.05, 0.1) is 0 Å². The minimum atomic E-state index is -0.848. The molecule has 0 heterocycles. The lowest BCUT2D eigenvalue weighted by atomic mass is 10.0. The number of carbonyl (C=O) groups is 2. The molecule has 2 saturated carbocycles. The lowest BCUT2D eigenvalue weighted by Crippen LogP contribution is -2.44. The molecule has 0 radical (unpaired) electrons. The third-order valence-corrected chi connectivity index (χ3v) is 5.44. The van der Waals surface area contributed by atoms with Crippen LogP contribution in [0.5, 0.6) is 0 Å². The van der Waals surface area contributed by atoms with Crippen LogP contribution in [0.3, 0.4) is 0 Å². The van der Waals surface area contributed by atoms with Crippen molar-refractivity contribution >= 4 is 33.4 Å². The van der Waals surface area contributed by atoms with Gasteiger partial charge in [-0.05, 0) is 49.9 Å². The van der Waals surface area contributed by atoms with Gasteiger partial charge >= 0.3 is 0 Å². The lowest BCUT2D eigenvalue weighted by Gasteiger charge is -2.21. The number of anilines is 1. The van der Waals surface area contributed by atoms with E-state index in [1.54, 1.807) is 0 Å². The first-order valence-corrected chi connectivity index (χ1v) is 9.27. The number of amides is 2. The molecule has 1 aromatic carbocycles. The predicted molar refractivity (Wildman–Crippen MR) is 94.1 cm³/mol. The van der Waals surface area contributed by atoms with Crippen LogP contribution < -0.4 is 10.6 Å². The van der Waals surface area contributed by atoms with Crippen molar-refractivity contribution < 1.29 is 9.59 Å². The van der Waals surface area contributed by atoms with Crippen molar-refractivity contribution in [1.82, 2.24) is 5.32 Å². The molecular weight excluding hydrogens is 356 g/mol. The number of hydrogen-bond acceptors (Lipinski definition) is 2. The highest BCUT2D eigenvalue weighted by Crippen LogP contribution is 2.47. The van der Waals surface area contributed by atoms with E-state index in [2.05, 4.69) is 26.6 Å². The molecule has 4 nitrogen and oxygen atoms in total. The van der Waals surface area contributed by atoms with E-state index in [9.17, 15) is 9.59 Å². The standard InChI is InChI=1S/C18H23BrN2O2/c19-13-7-9-15(10-8-13)21-17(23)18(11-12-18)16(22)20-14-5-3-1-2-4-6-14/h7-10,14H,1-6,11-12H2,(H,20,22)(H,21,23). The summed E-state index contributed by atoms with van der Waals surface area (Å²) in [5.41, 5.74) is -0.119. The van der Waals surface area contributed by atoms with Crippen molar-refractivity contribution in [2.24, 2.45) is 5.41 Å². The zero-order valence-corrected chi connectivity index (χ0v) is 14.8. The van der Waals surface area contributed by atoms with E-state index in [-0.39, 0.29) is 17.9 Å². The van der Waals surface area contributed by atoms with E-state index in [4.69, 9.17) is 0 Å². The van der Waals surface area contributed by atoms with E-state index >= 15 is 0 Å². The molecular formula is C18H23BrN2O2. The van der Waals surface area contributed by atoms with Crippen molar-refractivity contribution in [3.05, 3.63) is 28.7 Å². The Kier molecular flexibility index (Phi) is 5.05. The summed E-state index contributed by atoms with van der Waals surface area (Å²) in [6, 6.07) is 7.66. The van der Waals surface area contributed by atoms with Crippen molar-refractivity contribution in [3.63, 3.8) is 0 Å². The van der Waals surface area contributed by atoms with Gasteiger partial charge in [0.1, 0.15) is 5.41 Å². The monoisotopic (exact) mass is 378 g/mol. The van der Waals surface area contributed by atoms with Crippen LogP contribution in [0.15, 0.2) is 28.7 Å². The maximum Gasteiger partial charge on any atom is 0.240 e. The Balaban J connectivity index is 1.60. The third-order valence-electron chi connectivity index (χ3n) is 4.91. The summed E-state index contributed by atoms with van der Waals surface area (Å²) < 4.78 is 0.961. The maximum absolute atomic E-state index is 12.6. The Morgan fingerprint density at radius 2 is 1.57 bits per heavy atom. The fourth-order valence-electron chi connectivity index (χ4n) is 3.21. The quantitative estimate of drug-likeness (QED) is 0.614. The van der Waals surface area contributed by atoms with Gasteiger partial charge < -0.3 is 10.6 Å². The van der Waals surface area contributed by atoms with Gasteiger partial charge in [-0.15, -0.1) is 0 Å². The number of benzene rings is 1. The van der Waals surface area contributed by atoms with Gasteiger partial charge in [0.15, 0.2) is 0 Å². The summed E-state index contributed by atoms with van der Waals surface area (Å²) in [6.45, 7) is 0. The maximum atomic E-state index is 12.6. The van der Waals surface area contributed by atoms with Crippen LogP contribution >= 0.6 is 15.9 Å². The Bertz CT molecular complexity index is 573. The van der Waals surface area contributed by atoms with E-state index in [1.165, 1.54) is 25.7 Å². The molecule has 2 aliphatic rings. The molecule has 0 spiro atoms. The molecule has 2 aliphatic carbocycles. The van der Waals surface area contributed by atoms with Gasteiger partial charge in [-0.1, -0.05) is 41.6 Å². The van der Waals surface area contributed by atoms with Crippen LogP contribution in [0.2, 0.25) is 0 Å². The van der Waals surface area contributed by atoms with Crippen LogP contribution in [0.25, 0.3) is 0 Å². The second kappa shape index (κ2) is 7.04. The lowest BCUT2D eigenvalue weighted by molar-refractivity contribution is -0.134. The molecule has 0 saturated heterocycles. The Morgan fingerprint density at radius 1 is 0.957 bits per heavy atom. The van der Waals surface area contributed by atoms with Crippen molar-refractivity contribution in [2.45, 2.75) is 57.4 Å². The second-order valence-corrected chi connectivity index (χ2v) is 7.62. The summed E-state index contributed by atoms with van der Waals surface area (Å²) in [7, 11) is 0. The Labute approximate surface area is 145 Å². The number of hydrogen-bond donors (Lipinski definition) is 2. The molecule has 124 valence electrons. The first-order valence-electron chi connectivity index (χ1n) is 8.48. The van der Waals surface area contributed by atoms with E-state index in [0.29, 0.717) is 12.8 Å². The summed E-state index contributed by atoms with van der Waals surface area (Å²) in [5, 5.41) is 6.01. The fraction of sp³-hybridized carbons (Fsp3) is 0.556. The molecule has 3 rings (SSSR count). The number of halogens is 1. The highest BCUT2D eigenvalue weighted by molar-refractivity contribution is 9.10. The van der Waals surface area contributed by atoms with Crippen molar-refractivity contribution in [2.75, 3.05) is 5.32 Å². The average Bonchev–Trinajstić information content (AvgIpc) is 3.34. The molecule has 5 heteroatoms. The number of nitrogens with one attached hydrogen (secondary N) is 2. The zero-order valence-electron chi connectivity index (χ0n) is 13.2. The smallest absolute Gasteiger partial charge is 0.240 e. The van der Waals surface area contributed by atoms with Gasteiger partial charge in [-0.2, -0.15) is 0 Å². The van der Waals surface area contributed by atoms with Gasteiger partial charge in [-0.3, -0.25) is 9.59 Å². The first kappa shape index (κ1) is 16.5. The minimum Gasteiger partial charge on any atom is -0.352 e. The summed E-state index contributed by atoms with van der Waals surface area (Å²) >= 11 is 3.37. The largest absolute Gasteiger partial charge is 0.352 e. The predicted octanol–water partition coefficient (Wildman–Crippen LogP) is 4.01. The topological polar surface area (TPSA) is 58.2 Å². The number of rotatable bonds is 4. The molecule has 2 fully saturated rings. The molecule has 0 aromatic heterocycles. The molecule has 0 atom stereocenters. The molecule has 2 N–H and O–H groups in total. The van der Waals surface area contributed by atoms with Crippen molar-refractivity contribution in [1.29, 1.82) is 0 Å². The van der Waals surface area contributed by atoms with Crippen molar-refractivity contribution in [3.8, 4) is 0 Å². The van der Waals surface area contributed by atoms with Crippen LogP contribution in [-0.4, -0.2) is 17.9 Å². The van der Waals surface area contributed by atoms with Crippen LogP contribution in [0, 0.1) is 5.41 Å².